The number of benzene rings is 2. The molecule has 1 aliphatic heterocycles. The summed E-state index contributed by atoms with van der Waals surface area (Å²) in [6.45, 7) is 2.32. The van der Waals surface area contributed by atoms with Crippen LogP contribution < -0.4 is 10.2 Å². The Morgan fingerprint density at radius 1 is 1.25 bits per heavy atom. The van der Waals surface area contributed by atoms with Crippen LogP contribution in [0.2, 0.25) is 5.02 Å². The highest BCUT2D eigenvalue weighted by Crippen LogP contribution is 2.28. The van der Waals surface area contributed by atoms with Crippen molar-refractivity contribution in [2.24, 2.45) is 5.92 Å². The second-order valence-corrected chi connectivity index (χ2v) is 8.20. The summed E-state index contributed by atoms with van der Waals surface area (Å²) in [5, 5.41) is 6.54. The summed E-state index contributed by atoms with van der Waals surface area (Å²) in [5.41, 5.74) is 3.30. The predicted molar refractivity (Wildman–Crippen MR) is 113 cm³/mol. The van der Waals surface area contributed by atoms with Gasteiger partial charge < -0.3 is 10.2 Å². The van der Waals surface area contributed by atoms with Crippen molar-refractivity contribution in [2.45, 2.75) is 13.3 Å². The highest BCUT2D eigenvalue weighted by atomic mass is 35.5. The van der Waals surface area contributed by atoms with Gasteiger partial charge in [0.15, 0.2) is 0 Å². The van der Waals surface area contributed by atoms with E-state index in [-0.39, 0.29) is 18.2 Å². The molecule has 1 unspecified atom stereocenters. The Kier molecular flexibility index (Phi) is 5.15. The number of rotatable bonds is 4. The van der Waals surface area contributed by atoms with Gasteiger partial charge in [0.25, 0.3) is 0 Å². The largest absolute Gasteiger partial charge is 0.326 e. The SMILES string of the molecule is Cc1nc(-c2cccc(NC(=O)C3CC(=O)N(c4ccc(Cl)cc4)C3)c2)cs1. The van der Waals surface area contributed by atoms with Crippen molar-refractivity contribution in [3.05, 3.63) is 63.9 Å². The summed E-state index contributed by atoms with van der Waals surface area (Å²) < 4.78 is 0. The zero-order valence-electron chi connectivity index (χ0n) is 15.2. The molecule has 1 atom stereocenters. The van der Waals surface area contributed by atoms with Gasteiger partial charge in [-0.15, -0.1) is 11.3 Å². The molecule has 1 saturated heterocycles. The molecule has 3 aromatic rings. The number of nitrogens with zero attached hydrogens (tertiary/aromatic N) is 2. The van der Waals surface area contributed by atoms with Gasteiger partial charge in [-0.1, -0.05) is 23.7 Å². The molecule has 2 amide bonds. The summed E-state index contributed by atoms with van der Waals surface area (Å²) in [6, 6.07) is 14.7. The van der Waals surface area contributed by atoms with Crippen molar-refractivity contribution < 1.29 is 9.59 Å². The van der Waals surface area contributed by atoms with E-state index in [1.807, 2.05) is 36.6 Å². The van der Waals surface area contributed by atoms with Gasteiger partial charge in [0.1, 0.15) is 0 Å². The lowest BCUT2D eigenvalue weighted by Gasteiger charge is -2.17. The van der Waals surface area contributed by atoms with Crippen molar-refractivity contribution >= 4 is 46.1 Å². The van der Waals surface area contributed by atoms with Crippen LogP contribution in [0, 0.1) is 12.8 Å². The number of nitrogens with one attached hydrogen (secondary N) is 1. The minimum absolute atomic E-state index is 0.0610. The molecule has 1 fully saturated rings. The van der Waals surface area contributed by atoms with Crippen LogP contribution in [0.1, 0.15) is 11.4 Å². The van der Waals surface area contributed by atoms with Gasteiger partial charge in [-0.25, -0.2) is 4.98 Å². The second kappa shape index (κ2) is 7.73. The maximum Gasteiger partial charge on any atom is 0.229 e. The van der Waals surface area contributed by atoms with E-state index in [9.17, 15) is 9.59 Å². The number of hydrogen-bond acceptors (Lipinski definition) is 4. The fourth-order valence-electron chi connectivity index (χ4n) is 3.25. The van der Waals surface area contributed by atoms with Gasteiger partial charge in [0.2, 0.25) is 11.8 Å². The van der Waals surface area contributed by atoms with E-state index >= 15 is 0 Å². The number of carbonyl (C=O) groups is 2. The van der Waals surface area contributed by atoms with E-state index in [0.717, 1.165) is 22.0 Å². The lowest BCUT2D eigenvalue weighted by molar-refractivity contribution is -0.122. The van der Waals surface area contributed by atoms with E-state index in [2.05, 4.69) is 10.3 Å². The lowest BCUT2D eigenvalue weighted by atomic mass is 10.1. The Morgan fingerprint density at radius 3 is 2.75 bits per heavy atom. The van der Waals surface area contributed by atoms with Crippen molar-refractivity contribution in [3.63, 3.8) is 0 Å². The minimum atomic E-state index is -0.395. The van der Waals surface area contributed by atoms with Crippen molar-refractivity contribution in [2.75, 3.05) is 16.8 Å². The van der Waals surface area contributed by atoms with E-state index < -0.39 is 5.92 Å². The number of aromatic nitrogens is 1. The first-order valence-corrected chi connectivity index (χ1v) is 10.1. The molecule has 2 heterocycles. The van der Waals surface area contributed by atoms with Gasteiger partial charge >= 0.3 is 0 Å². The number of thiazole rings is 1. The number of amides is 2. The van der Waals surface area contributed by atoms with E-state index in [1.54, 1.807) is 40.5 Å². The Bertz CT molecular complexity index is 1030. The molecule has 0 aliphatic carbocycles. The Balaban J connectivity index is 1.46. The van der Waals surface area contributed by atoms with Crippen LogP contribution in [0.5, 0.6) is 0 Å². The standard InChI is InChI=1S/C21H18ClN3O2S/c1-13-23-19(12-28-13)14-3-2-4-17(9-14)24-21(27)15-10-20(26)25(11-15)18-7-5-16(22)6-8-18/h2-9,12,15H,10-11H2,1H3,(H,24,27). The van der Waals surface area contributed by atoms with Crippen LogP contribution in [0.3, 0.4) is 0 Å². The van der Waals surface area contributed by atoms with Crippen molar-refractivity contribution in [1.29, 1.82) is 0 Å². The second-order valence-electron chi connectivity index (χ2n) is 6.70. The number of aryl methyl sites for hydroxylation is 1. The summed E-state index contributed by atoms with van der Waals surface area (Å²) in [7, 11) is 0. The molecular formula is C21H18ClN3O2S. The molecule has 1 aromatic heterocycles. The zero-order valence-corrected chi connectivity index (χ0v) is 16.8. The smallest absolute Gasteiger partial charge is 0.229 e. The Morgan fingerprint density at radius 2 is 2.04 bits per heavy atom. The van der Waals surface area contributed by atoms with Gasteiger partial charge in [-0.2, -0.15) is 0 Å². The molecule has 7 heteroatoms. The highest BCUT2D eigenvalue weighted by Gasteiger charge is 2.35. The molecule has 2 aromatic carbocycles. The van der Waals surface area contributed by atoms with Crippen LogP contribution in [0.4, 0.5) is 11.4 Å². The number of anilines is 2. The van der Waals surface area contributed by atoms with Crippen LogP contribution in [-0.4, -0.2) is 23.3 Å². The van der Waals surface area contributed by atoms with Gasteiger partial charge in [0.05, 0.1) is 16.6 Å². The molecule has 0 spiro atoms. The average molecular weight is 412 g/mol. The molecule has 0 saturated carbocycles. The fourth-order valence-corrected chi connectivity index (χ4v) is 4.00. The number of hydrogen-bond donors (Lipinski definition) is 1. The Labute approximate surface area is 172 Å². The van der Waals surface area contributed by atoms with Crippen LogP contribution in [0.15, 0.2) is 53.9 Å². The molecule has 0 radical (unpaired) electrons. The molecule has 142 valence electrons. The molecule has 0 bridgehead atoms. The maximum atomic E-state index is 12.7. The Hall–Kier alpha value is -2.70. The predicted octanol–water partition coefficient (Wildman–Crippen LogP) is 4.76. The quantitative estimate of drug-likeness (QED) is 0.673. The third-order valence-electron chi connectivity index (χ3n) is 4.68. The van der Waals surface area contributed by atoms with Crippen LogP contribution in [0.25, 0.3) is 11.3 Å². The summed E-state index contributed by atoms with van der Waals surface area (Å²) >= 11 is 7.50. The molecule has 1 N–H and O–H groups in total. The topological polar surface area (TPSA) is 62.3 Å². The monoisotopic (exact) mass is 411 g/mol. The first-order chi connectivity index (χ1) is 13.5. The van der Waals surface area contributed by atoms with Crippen molar-refractivity contribution in [3.8, 4) is 11.3 Å². The zero-order chi connectivity index (χ0) is 19.7. The summed E-state index contributed by atoms with van der Waals surface area (Å²) in [4.78, 5) is 31.2. The first-order valence-electron chi connectivity index (χ1n) is 8.89. The first kappa shape index (κ1) is 18.7. The van der Waals surface area contributed by atoms with Gasteiger partial charge in [-0.05, 0) is 43.3 Å². The third-order valence-corrected chi connectivity index (χ3v) is 5.70. The fraction of sp³-hybridized carbons (Fsp3) is 0.190. The number of carbonyl (C=O) groups excluding carboxylic acids is 2. The maximum absolute atomic E-state index is 12.7. The van der Waals surface area contributed by atoms with E-state index in [1.165, 1.54) is 0 Å². The molecule has 5 nitrogen and oxygen atoms in total. The summed E-state index contributed by atoms with van der Waals surface area (Å²) in [6.07, 6.45) is 0.194. The minimum Gasteiger partial charge on any atom is -0.326 e. The molecule has 28 heavy (non-hydrogen) atoms. The van der Waals surface area contributed by atoms with Crippen LogP contribution in [-0.2, 0) is 9.59 Å². The highest BCUT2D eigenvalue weighted by molar-refractivity contribution is 7.09. The molecular weight excluding hydrogens is 394 g/mol. The lowest BCUT2D eigenvalue weighted by Crippen LogP contribution is -2.28. The number of halogens is 1. The van der Waals surface area contributed by atoms with Crippen LogP contribution >= 0.6 is 22.9 Å². The average Bonchev–Trinajstić information content (AvgIpc) is 3.29. The van der Waals surface area contributed by atoms with Crippen molar-refractivity contribution in [1.82, 2.24) is 4.98 Å². The molecule has 1 aliphatic rings. The van der Waals surface area contributed by atoms with Gasteiger partial charge in [-0.3, -0.25) is 9.59 Å². The van der Waals surface area contributed by atoms with Gasteiger partial charge in [0, 0.05) is 40.3 Å². The molecule has 4 rings (SSSR count). The summed E-state index contributed by atoms with van der Waals surface area (Å²) in [5.74, 6) is -0.612. The third kappa shape index (κ3) is 3.93. The van der Waals surface area contributed by atoms with E-state index in [4.69, 9.17) is 11.6 Å². The van der Waals surface area contributed by atoms with E-state index in [0.29, 0.717) is 17.3 Å². The normalized spacial score (nSPS) is 16.4.